The smallest absolute Gasteiger partial charge is 0.123 e. The first-order chi connectivity index (χ1) is 7.84. The van der Waals surface area contributed by atoms with Crippen LogP contribution < -0.4 is 0 Å². The molecule has 0 bridgehead atoms. The fourth-order valence-electron chi connectivity index (χ4n) is 1.95. The highest BCUT2D eigenvalue weighted by Gasteiger charge is 2.41. The van der Waals surface area contributed by atoms with E-state index in [1.165, 1.54) is 12.1 Å². The lowest BCUT2D eigenvalue weighted by molar-refractivity contribution is 0.377. The summed E-state index contributed by atoms with van der Waals surface area (Å²) >= 11 is 0. The lowest BCUT2D eigenvalue weighted by Gasteiger charge is -1.96. The van der Waals surface area contributed by atoms with Gasteiger partial charge in [-0.15, -0.1) is 0 Å². The van der Waals surface area contributed by atoms with E-state index in [1.807, 2.05) is 36.4 Å². The summed E-state index contributed by atoms with van der Waals surface area (Å²) in [6, 6.07) is 16.6. The highest BCUT2D eigenvalue weighted by molar-refractivity contribution is 5.30. The molecule has 1 aliphatic rings. The molecule has 0 saturated carbocycles. The molecule has 0 radical (unpaired) electrons. The van der Waals surface area contributed by atoms with Gasteiger partial charge in [-0.25, -0.2) is 4.39 Å². The third-order valence-electron chi connectivity index (χ3n) is 2.80. The van der Waals surface area contributed by atoms with Gasteiger partial charge in [0.1, 0.15) is 18.0 Å². The molecule has 1 heterocycles. The summed E-state index contributed by atoms with van der Waals surface area (Å²) in [7, 11) is 0. The maximum Gasteiger partial charge on any atom is 0.123 e. The Morgan fingerprint density at radius 3 is 2.25 bits per heavy atom. The fraction of sp³-hybridized carbons (Fsp3) is 0.143. The standard InChI is InChI=1S/C14H11FO/c15-12-8-4-7-11(9-12)14-13(16-14)10-5-2-1-3-6-10/h1-9,13-14H/t13-,14-/m0/s1. The Hall–Kier alpha value is -1.67. The van der Waals surface area contributed by atoms with E-state index in [0.29, 0.717) is 0 Å². The molecule has 1 aliphatic heterocycles. The van der Waals surface area contributed by atoms with Gasteiger partial charge in [-0.3, -0.25) is 0 Å². The molecule has 3 rings (SSSR count). The van der Waals surface area contributed by atoms with Gasteiger partial charge in [0.2, 0.25) is 0 Å². The van der Waals surface area contributed by atoms with E-state index in [0.717, 1.165) is 11.1 Å². The summed E-state index contributed by atoms with van der Waals surface area (Å²) < 4.78 is 18.6. The minimum absolute atomic E-state index is 0.0121. The molecule has 1 nitrogen and oxygen atoms in total. The lowest BCUT2D eigenvalue weighted by Crippen LogP contribution is -1.85. The predicted molar refractivity (Wildman–Crippen MR) is 59.4 cm³/mol. The van der Waals surface area contributed by atoms with E-state index in [9.17, 15) is 4.39 Å². The first-order valence-electron chi connectivity index (χ1n) is 5.30. The normalized spacial score (nSPS) is 23.1. The minimum Gasteiger partial charge on any atom is -0.359 e. The van der Waals surface area contributed by atoms with E-state index in [-0.39, 0.29) is 18.0 Å². The zero-order chi connectivity index (χ0) is 11.0. The molecule has 2 aromatic rings. The summed E-state index contributed by atoms with van der Waals surface area (Å²) in [6.07, 6.45) is 0.0982. The van der Waals surface area contributed by atoms with Crippen LogP contribution in [-0.2, 0) is 4.74 Å². The van der Waals surface area contributed by atoms with Gasteiger partial charge in [0.05, 0.1) is 0 Å². The average Bonchev–Trinajstić information content (AvgIpc) is 3.10. The molecule has 2 heteroatoms. The van der Waals surface area contributed by atoms with Crippen molar-refractivity contribution in [3.8, 4) is 0 Å². The van der Waals surface area contributed by atoms with Gasteiger partial charge in [-0.05, 0) is 23.3 Å². The number of rotatable bonds is 2. The van der Waals surface area contributed by atoms with E-state index in [2.05, 4.69) is 0 Å². The second-order valence-corrected chi connectivity index (χ2v) is 3.94. The zero-order valence-corrected chi connectivity index (χ0v) is 8.64. The van der Waals surface area contributed by atoms with Crippen LogP contribution in [0.4, 0.5) is 4.39 Å². The SMILES string of the molecule is Fc1cccc([C@@H]2O[C@H]2c2ccccc2)c1. The Bertz CT molecular complexity index is 495. The minimum atomic E-state index is -0.209. The van der Waals surface area contributed by atoms with Crippen molar-refractivity contribution in [3.63, 3.8) is 0 Å². The highest BCUT2D eigenvalue weighted by Crippen LogP contribution is 2.50. The number of benzene rings is 2. The monoisotopic (exact) mass is 214 g/mol. The van der Waals surface area contributed by atoms with Crippen LogP contribution in [0.1, 0.15) is 23.3 Å². The molecule has 2 aromatic carbocycles. The Kier molecular flexibility index (Phi) is 2.22. The molecular formula is C14H11FO. The van der Waals surface area contributed by atoms with Crippen LogP contribution in [0.15, 0.2) is 54.6 Å². The van der Waals surface area contributed by atoms with Crippen molar-refractivity contribution < 1.29 is 9.13 Å². The predicted octanol–water partition coefficient (Wildman–Crippen LogP) is 3.64. The number of ether oxygens (including phenoxy) is 1. The van der Waals surface area contributed by atoms with Crippen LogP contribution >= 0.6 is 0 Å². The van der Waals surface area contributed by atoms with Crippen molar-refractivity contribution in [3.05, 3.63) is 71.5 Å². The quantitative estimate of drug-likeness (QED) is 0.695. The molecule has 0 N–H and O–H groups in total. The molecule has 80 valence electrons. The van der Waals surface area contributed by atoms with Gasteiger partial charge in [0, 0.05) is 0 Å². The second-order valence-electron chi connectivity index (χ2n) is 3.94. The van der Waals surface area contributed by atoms with Crippen LogP contribution in [0.3, 0.4) is 0 Å². The molecule has 1 saturated heterocycles. The topological polar surface area (TPSA) is 12.5 Å². The molecule has 2 atom stereocenters. The van der Waals surface area contributed by atoms with Crippen LogP contribution in [0.2, 0.25) is 0 Å². The molecule has 0 amide bonds. The highest BCUT2D eigenvalue weighted by atomic mass is 19.1. The largest absolute Gasteiger partial charge is 0.359 e. The van der Waals surface area contributed by atoms with Gasteiger partial charge < -0.3 is 4.74 Å². The third-order valence-corrected chi connectivity index (χ3v) is 2.80. The second kappa shape index (κ2) is 3.72. The number of hydrogen-bond donors (Lipinski definition) is 0. The van der Waals surface area contributed by atoms with Gasteiger partial charge in [0.15, 0.2) is 0 Å². The molecule has 0 spiro atoms. The van der Waals surface area contributed by atoms with Crippen molar-refractivity contribution in [2.45, 2.75) is 12.2 Å². The van der Waals surface area contributed by atoms with E-state index in [1.54, 1.807) is 6.07 Å². The molecule has 0 aliphatic carbocycles. The van der Waals surface area contributed by atoms with Crippen LogP contribution in [0.5, 0.6) is 0 Å². The first-order valence-corrected chi connectivity index (χ1v) is 5.30. The number of halogens is 1. The van der Waals surface area contributed by atoms with Crippen LogP contribution in [-0.4, -0.2) is 0 Å². The molecule has 1 fully saturated rings. The van der Waals surface area contributed by atoms with E-state index >= 15 is 0 Å². The summed E-state index contributed by atoms with van der Waals surface area (Å²) in [5.74, 6) is -0.209. The zero-order valence-electron chi connectivity index (χ0n) is 8.64. The Morgan fingerprint density at radius 2 is 1.50 bits per heavy atom. The number of epoxide rings is 1. The van der Waals surface area contributed by atoms with E-state index < -0.39 is 0 Å². The van der Waals surface area contributed by atoms with Crippen LogP contribution in [0.25, 0.3) is 0 Å². The Morgan fingerprint density at radius 1 is 0.812 bits per heavy atom. The lowest BCUT2D eigenvalue weighted by atomic mass is 10.0. The number of hydrogen-bond acceptors (Lipinski definition) is 1. The summed E-state index contributed by atoms with van der Waals surface area (Å²) in [4.78, 5) is 0. The van der Waals surface area contributed by atoms with Crippen LogP contribution in [0, 0.1) is 5.82 Å². The summed E-state index contributed by atoms with van der Waals surface area (Å²) in [6.45, 7) is 0. The summed E-state index contributed by atoms with van der Waals surface area (Å²) in [5, 5.41) is 0. The maximum atomic E-state index is 13.0. The van der Waals surface area contributed by atoms with Gasteiger partial charge in [-0.2, -0.15) is 0 Å². The van der Waals surface area contributed by atoms with Crippen molar-refractivity contribution in [2.24, 2.45) is 0 Å². The van der Waals surface area contributed by atoms with Gasteiger partial charge in [0.25, 0.3) is 0 Å². The molecule has 0 unspecified atom stereocenters. The Labute approximate surface area is 93.5 Å². The van der Waals surface area contributed by atoms with Crippen molar-refractivity contribution in [1.29, 1.82) is 0 Å². The maximum absolute atomic E-state index is 13.0. The van der Waals surface area contributed by atoms with E-state index in [4.69, 9.17) is 4.74 Å². The van der Waals surface area contributed by atoms with Gasteiger partial charge in [-0.1, -0.05) is 42.5 Å². The van der Waals surface area contributed by atoms with Crippen molar-refractivity contribution >= 4 is 0 Å². The fourth-order valence-corrected chi connectivity index (χ4v) is 1.95. The summed E-state index contributed by atoms with van der Waals surface area (Å²) in [5.41, 5.74) is 2.06. The Balaban J connectivity index is 1.82. The average molecular weight is 214 g/mol. The molecule has 16 heavy (non-hydrogen) atoms. The van der Waals surface area contributed by atoms with Gasteiger partial charge >= 0.3 is 0 Å². The van der Waals surface area contributed by atoms with Crippen molar-refractivity contribution in [1.82, 2.24) is 0 Å². The van der Waals surface area contributed by atoms with Crippen molar-refractivity contribution in [2.75, 3.05) is 0 Å². The molecule has 0 aromatic heterocycles. The molecular weight excluding hydrogens is 203 g/mol. The third kappa shape index (κ3) is 1.72. The first kappa shape index (κ1) is 9.55.